The molecule has 332 valence electrons. The van der Waals surface area contributed by atoms with Crippen molar-refractivity contribution in [2.45, 2.75) is 226 Å². The largest absolute Gasteiger partial charge is 0.462 e. The highest BCUT2D eigenvalue weighted by Crippen LogP contribution is 2.13. The monoisotopic (exact) mass is 809 g/mol. The molecule has 0 aromatic carbocycles. The predicted molar refractivity (Wildman–Crippen MR) is 247 cm³/mol. The first kappa shape index (κ1) is 54.9. The first-order valence-corrected chi connectivity index (χ1v) is 24.0. The Labute approximate surface area is 357 Å². The fourth-order valence-electron chi connectivity index (χ4n) is 6.38. The molecule has 1 atom stereocenters. The summed E-state index contributed by atoms with van der Waals surface area (Å²) in [5.74, 6) is -0.953. The number of allylic oxidation sites excluding steroid dienone is 12. The van der Waals surface area contributed by atoms with Gasteiger partial charge < -0.3 is 14.2 Å². The van der Waals surface area contributed by atoms with E-state index in [1.807, 2.05) is 36.5 Å². The van der Waals surface area contributed by atoms with Crippen molar-refractivity contribution in [3.63, 3.8) is 0 Å². The minimum Gasteiger partial charge on any atom is -0.462 e. The molecule has 0 saturated heterocycles. The van der Waals surface area contributed by atoms with Crippen molar-refractivity contribution in [2.24, 2.45) is 0 Å². The Morgan fingerprint density at radius 1 is 0.362 bits per heavy atom. The Bertz CT molecular complexity index is 1110. The second-order valence-corrected chi connectivity index (χ2v) is 15.7. The molecule has 0 amide bonds. The standard InChI is InChI=1S/C52H88O6/c1-4-7-10-13-16-19-22-25-26-28-30-33-36-39-42-45-51(54)57-48-49(47-56-50(53)44-41-38-35-32-29-24-21-18-15-12-9-6-3)58-52(55)46-43-40-37-34-31-27-23-20-17-14-11-8-5-2/h8,11,14,17-23,27,31,49H,4-7,9-10,12-13,15-16,24-26,28-30,32-48H2,1-3H3/b11-8-,17-14-,21-18-,22-19-,23-20-,31-27-. The zero-order valence-corrected chi connectivity index (χ0v) is 37.8. The molecule has 6 heteroatoms. The topological polar surface area (TPSA) is 78.9 Å². The summed E-state index contributed by atoms with van der Waals surface area (Å²) in [6, 6.07) is 0. The molecule has 0 rings (SSSR count). The Morgan fingerprint density at radius 3 is 1.16 bits per heavy atom. The van der Waals surface area contributed by atoms with E-state index >= 15 is 0 Å². The van der Waals surface area contributed by atoms with Crippen LogP contribution in [0.1, 0.15) is 220 Å². The molecule has 0 aliphatic carbocycles. The number of unbranched alkanes of at least 4 members (excludes halogenated alkanes) is 22. The maximum atomic E-state index is 12.7. The van der Waals surface area contributed by atoms with Crippen molar-refractivity contribution >= 4 is 17.9 Å². The van der Waals surface area contributed by atoms with Gasteiger partial charge in [0.05, 0.1) is 0 Å². The normalized spacial score (nSPS) is 12.7. The van der Waals surface area contributed by atoms with Crippen molar-refractivity contribution in [3.05, 3.63) is 72.9 Å². The van der Waals surface area contributed by atoms with Crippen molar-refractivity contribution in [1.29, 1.82) is 0 Å². The lowest BCUT2D eigenvalue weighted by molar-refractivity contribution is -0.167. The summed E-state index contributed by atoms with van der Waals surface area (Å²) in [6.07, 6.45) is 57.4. The van der Waals surface area contributed by atoms with Crippen LogP contribution in [-0.2, 0) is 28.6 Å². The number of esters is 3. The van der Waals surface area contributed by atoms with Gasteiger partial charge in [-0.1, -0.05) is 184 Å². The highest BCUT2D eigenvalue weighted by Gasteiger charge is 2.19. The van der Waals surface area contributed by atoms with E-state index in [4.69, 9.17) is 14.2 Å². The zero-order valence-electron chi connectivity index (χ0n) is 37.8. The molecule has 0 aromatic rings. The van der Waals surface area contributed by atoms with E-state index in [0.717, 1.165) is 70.6 Å². The van der Waals surface area contributed by atoms with E-state index in [1.165, 1.54) is 103 Å². The molecular formula is C52H88O6. The molecule has 1 unspecified atom stereocenters. The van der Waals surface area contributed by atoms with Gasteiger partial charge in [-0.25, -0.2) is 0 Å². The second-order valence-electron chi connectivity index (χ2n) is 15.7. The fourth-order valence-corrected chi connectivity index (χ4v) is 6.38. The van der Waals surface area contributed by atoms with Crippen LogP contribution in [0.15, 0.2) is 72.9 Å². The molecule has 0 radical (unpaired) electrons. The van der Waals surface area contributed by atoms with Gasteiger partial charge in [0, 0.05) is 19.3 Å². The van der Waals surface area contributed by atoms with E-state index in [9.17, 15) is 14.4 Å². The molecule has 6 nitrogen and oxygen atoms in total. The minimum atomic E-state index is -0.799. The summed E-state index contributed by atoms with van der Waals surface area (Å²) < 4.78 is 16.7. The summed E-state index contributed by atoms with van der Waals surface area (Å²) in [4.78, 5) is 37.8. The van der Waals surface area contributed by atoms with Crippen molar-refractivity contribution in [3.8, 4) is 0 Å². The second kappa shape index (κ2) is 46.5. The van der Waals surface area contributed by atoms with Gasteiger partial charge in [0.15, 0.2) is 6.10 Å². The quantitative estimate of drug-likeness (QED) is 0.0201. The number of rotatable bonds is 42. The van der Waals surface area contributed by atoms with Crippen LogP contribution in [0, 0.1) is 0 Å². The van der Waals surface area contributed by atoms with Crippen LogP contribution in [-0.4, -0.2) is 37.2 Å². The average Bonchev–Trinajstić information content (AvgIpc) is 3.22. The Morgan fingerprint density at radius 2 is 0.690 bits per heavy atom. The van der Waals surface area contributed by atoms with Gasteiger partial charge in [-0.05, 0) is 89.9 Å². The number of hydrogen-bond acceptors (Lipinski definition) is 6. The van der Waals surface area contributed by atoms with Crippen LogP contribution in [0.2, 0.25) is 0 Å². The molecule has 0 bridgehead atoms. The van der Waals surface area contributed by atoms with Gasteiger partial charge in [0.1, 0.15) is 13.2 Å². The van der Waals surface area contributed by atoms with Gasteiger partial charge in [0.25, 0.3) is 0 Å². The van der Waals surface area contributed by atoms with Gasteiger partial charge >= 0.3 is 17.9 Å². The number of carbonyl (C=O) groups excluding carboxylic acids is 3. The van der Waals surface area contributed by atoms with Crippen LogP contribution >= 0.6 is 0 Å². The summed E-state index contributed by atoms with van der Waals surface area (Å²) >= 11 is 0. The van der Waals surface area contributed by atoms with Crippen molar-refractivity contribution in [2.75, 3.05) is 13.2 Å². The van der Waals surface area contributed by atoms with E-state index in [0.29, 0.717) is 19.3 Å². The average molecular weight is 809 g/mol. The smallest absolute Gasteiger partial charge is 0.306 e. The molecular weight excluding hydrogens is 721 g/mol. The lowest BCUT2D eigenvalue weighted by Gasteiger charge is -2.18. The lowest BCUT2D eigenvalue weighted by Crippen LogP contribution is -2.30. The van der Waals surface area contributed by atoms with Crippen molar-refractivity contribution in [1.82, 2.24) is 0 Å². The van der Waals surface area contributed by atoms with E-state index < -0.39 is 6.10 Å². The highest BCUT2D eigenvalue weighted by atomic mass is 16.6. The molecule has 58 heavy (non-hydrogen) atoms. The maximum absolute atomic E-state index is 12.7. The van der Waals surface area contributed by atoms with Gasteiger partial charge in [-0.2, -0.15) is 0 Å². The van der Waals surface area contributed by atoms with Gasteiger partial charge in [-0.15, -0.1) is 0 Å². The minimum absolute atomic E-state index is 0.0967. The first-order valence-electron chi connectivity index (χ1n) is 24.0. The number of carbonyl (C=O) groups is 3. The SMILES string of the molecule is CC\C=C/C=C\C=C/C=C\CCCCCC(=O)OC(COC(=O)CCCCCCC/C=C\CCCCC)COC(=O)CCCCCCCCC/C=C\CCCCCC. The maximum Gasteiger partial charge on any atom is 0.306 e. The lowest BCUT2D eigenvalue weighted by atomic mass is 10.1. The van der Waals surface area contributed by atoms with Gasteiger partial charge in [-0.3, -0.25) is 14.4 Å². The van der Waals surface area contributed by atoms with Crippen LogP contribution in [0.4, 0.5) is 0 Å². The molecule has 0 N–H and O–H groups in total. The summed E-state index contributed by atoms with van der Waals surface area (Å²) in [5, 5.41) is 0. The molecule has 0 spiro atoms. The van der Waals surface area contributed by atoms with Crippen LogP contribution in [0.5, 0.6) is 0 Å². The molecule has 0 heterocycles. The number of hydrogen-bond donors (Lipinski definition) is 0. The highest BCUT2D eigenvalue weighted by molar-refractivity contribution is 5.71. The molecule has 0 aromatic heterocycles. The Balaban J connectivity index is 4.46. The van der Waals surface area contributed by atoms with E-state index in [-0.39, 0.29) is 37.5 Å². The van der Waals surface area contributed by atoms with Crippen LogP contribution in [0.25, 0.3) is 0 Å². The molecule has 0 saturated carbocycles. The Kier molecular flexibility index (Phi) is 44.0. The summed E-state index contributed by atoms with van der Waals surface area (Å²) in [6.45, 7) is 6.40. The first-order chi connectivity index (χ1) is 28.5. The van der Waals surface area contributed by atoms with E-state index in [2.05, 4.69) is 57.2 Å². The van der Waals surface area contributed by atoms with Crippen LogP contribution < -0.4 is 0 Å². The zero-order chi connectivity index (χ0) is 42.3. The molecule has 0 aliphatic rings. The molecule has 0 aliphatic heterocycles. The van der Waals surface area contributed by atoms with Gasteiger partial charge in [0.2, 0.25) is 0 Å². The third kappa shape index (κ3) is 44.0. The number of ether oxygens (including phenoxy) is 3. The Hall–Kier alpha value is -3.15. The third-order valence-corrected chi connectivity index (χ3v) is 10.0. The molecule has 0 fully saturated rings. The summed E-state index contributed by atoms with van der Waals surface area (Å²) in [5.41, 5.74) is 0. The summed E-state index contributed by atoms with van der Waals surface area (Å²) in [7, 11) is 0. The fraction of sp³-hybridized carbons (Fsp3) is 0.712. The third-order valence-electron chi connectivity index (χ3n) is 10.0. The van der Waals surface area contributed by atoms with E-state index in [1.54, 1.807) is 0 Å². The predicted octanol–water partition coefficient (Wildman–Crippen LogP) is 15.5. The van der Waals surface area contributed by atoms with Crippen LogP contribution in [0.3, 0.4) is 0 Å². The van der Waals surface area contributed by atoms with Crippen molar-refractivity contribution < 1.29 is 28.6 Å².